The summed E-state index contributed by atoms with van der Waals surface area (Å²) in [5, 5.41) is 4.66. The minimum Gasteiger partial charge on any atom is -0.676 e. The van der Waals surface area contributed by atoms with Gasteiger partial charge in [-0.15, -0.1) is 5.69 Å². The molecule has 24 heavy (non-hydrogen) atoms. The summed E-state index contributed by atoms with van der Waals surface area (Å²) >= 11 is 0. The van der Waals surface area contributed by atoms with Crippen molar-refractivity contribution >= 4 is 5.69 Å². The van der Waals surface area contributed by atoms with Gasteiger partial charge in [-0.3, -0.25) is 9.97 Å². The van der Waals surface area contributed by atoms with Crippen LogP contribution in [-0.4, -0.2) is 9.97 Å². The molecule has 0 fully saturated rings. The molecule has 0 spiro atoms. The molecule has 0 saturated carbocycles. The van der Waals surface area contributed by atoms with Gasteiger partial charge in [-0.05, 0) is 30.7 Å². The van der Waals surface area contributed by atoms with E-state index in [1.807, 2.05) is 48.7 Å². The van der Waals surface area contributed by atoms with Crippen LogP contribution in [0.2, 0.25) is 0 Å². The van der Waals surface area contributed by atoms with E-state index in [1.165, 1.54) is 5.56 Å². The first-order valence-electron chi connectivity index (χ1n) is 7.18. The zero-order valence-corrected chi connectivity index (χ0v) is 15.6. The second kappa shape index (κ2) is 11.3. The van der Waals surface area contributed by atoms with Crippen molar-refractivity contribution in [3.63, 3.8) is 0 Å². The molecule has 0 amide bonds. The largest absolute Gasteiger partial charge is 0.676 e. The summed E-state index contributed by atoms with van der Waals surface area (Å²) in [6, 6.07) is 20.2. The Kier molecular flexibility index (Phi) is 9.30. The van der Waals surface area contributed by atoms with Crippen molar-refractivity contribution in [2.45, 2.75) is 12.5 Å². The standard InChI is InChI=1S/C13H11N2.C5H5N.CO.Re/c1-2-6-11-10(5-1)9-13(15-11)12-7-3-4-8-14-12;1-2-4-6-5-3-1;1-2;/h1-8,13H,9H2;1-5H;;/q-1;;;. The third kappa shape index (κ3) is 5.73. The maximum Gasteiger partial charge on any atom is 0.0270 e. The van der Waals surface area contributed by atoms with Crippen molar-refractivity contribution in [3.8, 4) is 0 Å². The average molecular weight is 489 g/mol. The maximum absolute atomic E-state index is 7.50. The molecular formula is C19H16N3ORe-. The SMILES string of the molecule is [C-]#[O+].[Re].c1ccc(C2Cc3ccccc3[N-]2)nc1.c1ccncc1. The van der Waals surface area contributed by atoms with Gasteiger partial charge in [0.25, 0.3) is 0 Å². The Morgan fingerprint density at radius 3 is 2.08 bits per heavy atom. The summed E-state index contributed by atoms with van der Waals surface area (Å²) in [5.74, 6) is 0. The third-order valence-electron chi connectivity index (χ3n) is 3.30. The van der Waals surface area contributed by atoms with E-state index in [1.54, 1.807) is 12.4 Å². The molecular weight excluding hydrogens is 472 g/mol. The van der Waals surface area contributed by atoms with E-state index in [9.17, 15) is 0 Å². The second-order valence-electron chi connectivity index (χ2n) is 4.76. The third-order valence-corrected chi connectivity index (χ3v) is 3.30. The molecule has 4 nitrogen and oxygen atoms in total. The van der Waals surface area contributed by atoms with Gasteiger partial charge in [0.05, 0.1) is 0 Å². The Hall–Kier alpha value is -2.28. The second-order valence-corrected chi connectivity index (χ2v) is 4.76. The van der Waals surface area contributed by atoms with Crippen LogP contribution in [0, 0.1) is 6.65 Å². The molecule has 3 heterocycles. The number of hydrogen-bond acceptors (Lipinski definition) is 2. The molecule has 121 valence electrons. The molecule has 1 aliphatic rings. The summed E-state index contributed by atoms with van der Waals surface area (Å²) in [7, 11) is 0. The normalized spacial score (nSPS) is 13.5. The summed E-state index contributed by atoms with van der Waals surface area (Å²) in [5.41, 5.74) is 3.51. The minimum atomic E-state index is 0. The number of para-hydroxylation sites is 1. The molecule has 1 atom stereocenters. The Bertz CT molecular complexity index is 668. The van der Waals surface area contributed by atoms with Crippen LogP contribution < -0.4 is 0 Å². The number of benzene rings is 1. The molecule has 1 radical (unpaired) electrons. The van der Waals surface area contributed by atoms with E-state index in [-0.39, 0.29) is 26.5 Å². The molecule has 3 aromatic rings. The van der Waals surface area contributed by atoms with E-state index in [0.717, 1.165) is 17.8 Å². The van der Waals surface area contributed by atoms with Crippen molar-refractivity contribution < 1.29 is 25.1 Å². The molecule has 1 unspecified atom stereocenters. The van der Waals surface area contributed by atoms with Crippen LogP contribution in [0.3, 0.4) is 0 Å². The minimum absolute atomic E-state index is 0. The topological polar surface area (TPSA) is 59.8 Å². The Labute approximate surface area is 155 Å². The molecule has 1 aromatic carbocycles. The Morgan fingerprint density at radius 2 is 1.54 bits per heavy atom. The zero-order valence-electron chi connectivity index (χ0n) is 12.9. The van der Waals surface area contributed by atoms with Gasteiger partial charge >= 0.3 is 11.3 Å². The molecule has 5 heteroatoms. The predicted octanol–water partition coefficient (Wildman–Crippen LogP) is 4.43. The van der Waals surface area contributed by atoms with Gasteiger partial charge in [0.1, 0.15) is 0 Å². The first kappa shape index (κ1) is 19.8. The fourth-order valence-corrected chi connectivity index (χ4v) is 2.29. The molecule has 0 aliphatic carbocycles. The first-order valence-corrected chi connectivity index (χ1v) is 7.18. The van der Waals surface area contributed by atoms with Crippen LogP contribution in [-0.2, 0) is 31.5 Å². The van der Waals surface area contributed by atoms with Crippen molar-refractivity contribution in [2.75, 3.05) is 0 Å². The molecule has 1 aliphatic heterocycles. The number of hydrogen-bond donors (Lipinski definition) is 0. The van der Waals surface area contributed by atoms with Crippen molar-refractivity contribution in [3.05, 3.63) is 102 Å². The van der Waals surface area contributed by atoms with Crippen molar-refractivity contribution in [1.82, 2.24) is 9.97 Å². The summed E-state index contributed by atoms with van der Waals surface area (Å²) in [6.45, 7) is 4.50. The number of fused-ring (bicyclic) bond motifs is 1. The fraction of sp³-hybridized carbons (Fsp3) is 0.105. The van der Waals surface area contributed by atoms with Gasteiger partial charge < -0.3 is 5.32 Å². The van der Waals surface area contributed by atoms with E-state index < -0.39 is 0 Å². The first-order chi connectivity index (χ1) is 11.4. The number of nitrogens with zero attached hydrogens (tertiary/aromatic N) is 3. The van der Waals surface area contributed by atoms with E-state index in [2.05, 4.69) is 40.1 Å². The smallest absolute Gasteiger partial charge is 0.0270 e. The number of aromatic nitrogens is 2. The zero-order chi connectivity index (χ0) is 16.3. The van der Waals surface area contributed by atoms with Crippen LogP contribution in [0.4, 0.5) is 5.69 Å². The van der Waals surface area contributed by atoms with Crippen molar-refractivity contribution in [2.24, 2.45) is 0 Å². The van der Waals surface area contributed by atoms with Crippen LogP contribution in [0.1, 0.15) is 17.3 Å². The monoisotopic (exact) mass is 489 g/mol. The van der Waals surface area contributed by atoms with E-state index in [0.29, 0.717) is 0 Å². The van der Waals surface area contributed by atoms with E-state index in [4.69, 9.17) is 4.65 Å². The van der Waals surface area contributed by atoms with Gasteiger partial charge in [0, 0.05) is 44.7 Å². The average Bonchev–Trinajstić information content (AvgIpc) is 3.10. The van der Waals surface area contributed by atoms with Crippen LogP contribution in [0.25, 0.3) is 5.32 Å². The molecule has 0 saturated heterocycles. The molecule has 0 N–H and O–H groups in total. The Morgan fingerprint density at radius 1 is 0.875 bits per heavy atom. The van der Waals surface area contributed by atoms with Gasteiger partial charge in [-0.2, -0.15) is 0 Å². The van der Waals surface area contributed by atoms with Crippen LogP contribution in [0.5, 0.6) is 0 Å². The van der Waals surface area contributed by atoms with Gasteiger partial charge in [-0.1, -0.05) is 48.0 Å². The quantitative estimate of drug-likeness (QED) is 0.376. The van der Waals surface area contributed by atoms with Crippen molar-refractivity contribution in [1.29, 1.82) is 0 Å². The predicted molar refractivity (Wildman–Crippen MR) is 88.3 cm³/mol. The molecule has 0 bridgehead atoms. The van der Waals surface area contributed by atoms with E-state index >= 15 is 0 Å². The van der Waals surface area contributed by atoms with Gasteiger partial charge in [0.2, 0.25) is 0 Å². The van der Waals surface area contributed by atoms with Crippen LogP contribution in [0.15, 0.2) is 79.3 Å². The number of rotatable bonds is 1. The van der Waals surface area contributed by atoms with Crippen LogP contribution >= 0.6 is 0 Å². The van der Waals surface area contributed by atoms with Gasteiger partial charge in [-0.25, -0.2) is 0 Å². The fourth-order valence-electron chi connectivity index (χ4n) is 2.29. The Balaban J connectivity index is 0.000000272. The summed E-state index contributed by atoms with van der Waals surface area (Å²) in [4.78, 5) is 8.13. The maximum atomic E-state index is 7.50. The summed E-state index contributed by atoms with van der Waals surface area (Å²) < 4.78 is 7.50. The molecule has 4 rings (SSSR count). The molecule has 2 aromatic heterocycles. The summed E-state index contributed by atoms with van der Waals surface area (Å²) in [6.07, 6.45) is 6.31. The number of pyridine rings is 2. The van der Waals surface area contributed by atoms with Gasteiger partial charge in [0.15, 0.2) is 0 Å².